The third-order valence-corrected chi connectivity index (χ3v) is 5.46. The molecular weight excluding hydrogens is 258 g/mol. The summed E-state index contributed by atoms with van der Waals surface area (Å²) < 4.78 is 25.3. The van der Waals surface area contributed by atoms with Crippen molar-refractivity contribution in [3.8, 4) is 0 Å². The molecule has 1 fully saturated rings. The zero-order valence-corrected chi connectivity index (χ0v) is 12.1. The van der Waals surface area contributed by atoms with Gasteiger partial charge in [0.1, 0.15) is 5.75 Å². The third-order valence-electron chi connectivity index (χ3n) is 3.28. The van der Waals surface area contributed by atoms with E-state index >= 15 is 0 Å². The highest BCUT2D eigenvalue weighted by molar-refractivity contribution is 7.92. The molecule has 7 heteroatoms. The van der Waals surface area contributed by atoms with Crippen LogP contribution in [0.25, 0.3) is 0 Å². The molecular formula is C10H21N3O2S2. The Kier molecular flexibility index (Phi) is 5.30. The Balaban J connectivity index is 2.59. The van der Waals surface area contributed by atoms with Crippen LogP contribution >= 0.6 is 12.2 Å². The molecule has 0 unspecified atom stereocenters. The number of hydrogen-bond acceptors (Lipinski definition) is 4. The Labute approximate surface area is 109 Å². The Hall–Kier alpha value is -0.240. The van der Waals surface area contributed by atoms with Crippen molar-refractivity contribution >= 4 is 27.2 Å². The number of sulfonamides is 1. The van der Waals surface area contributed by atoms with E-state index in [2.05, 4.69) is 24.0 Å². The van der Waals surface area contributed by atoms with E-state index in [9.17, 15) is 8.42 Å². The van der Waals surface area contributed by atoms with Gasteiger partial charge in [-0.2, -0.15) is 0 Å². The summed E-state index contributed by atoms with van der Waals surface area (Å²) in [5.41, 5.74) is 5.31. The molecule has 1 aliphatic heterocycles. The summed E-state index contributed by atoms with van der Waals surface area (Å²) in [4.78, 5) is 2.35. The second-order valence-corrected chi connectivity index (χ2v) is 6.96. The molecule has 5 nitrogen and oxygen atoms in total. The molecule has 1 rings (SSSR count). The molecule has 0 amide bonds. The number of rotatable bonds is 5. The van der Waals surface area contributed by atoms with Gasteiger partial charge in [-0.05, 0) is 32.5 Å². The Morgan fingerprint density at radius 2 is 2.00 bits per heavy atom. The molecule has 1 saturated heterocycles. The van der Waals surface area contributed by atoms with Gasteiger partial charge < -0.3 is 10.6 Å². The van der Waals surface area contributed by atoms with Crippen molar-refractivity contribution in [3.05, 3.63) is 0 Å². The van der Waals surface area contributed by atoms with E-state index in [1.165, 1.54) is 4.31 Å². The van der Waals surface area contributed by atoms with E-state index in [1.807, 2.05) is 0 Å². The fraction of sp³-hybridized carbons (Fsp3) is 0.900. The number of piperidine rings is 1. The van der Waals surface area contributed by atoms with Crippen LogP contribution < -0.4 is 5.73 Å². The van der Waals surface area contributed by atoms with Gasteiger partial charge >= 0.3 is 0 Å². The standard InChI is InChI=1S/C10H21N3O2S2/c1-3-13-6-4-9(5-7-13)12(2)17(14,15)8-10(11)16/h9H,3-8H2,1-2H3,(H2,11,16). The highest BCUT2D eigenvalue weighted by Gasteiger charge is 2.29. The molecule has 0 spiro atoms. The maximum absolute atomic E-state index is 11.9. The first-order valence-corrected chi connectivity index (χ1v) is 7.85. The lowest BCUT2D eigenvalue weighted by Crippen LogP contribution is -2.47. The minimum atomic E-state index is -3.33. The first kappa shape index (κ1) is 14.8. The van der Waals surface area contributed by atoms with Crippen molar-refractivity contribution in [2.75, 3.05) is 32.4 Å². The minimum absolute atomic E-state index is 0.0304. The van der Waals surface area contributed by atoms with Gasteiger partial charge in [0, 0.05) is 13.1 Å². The second-order valence-electron chi connectivity index (χ2n) is 4.40. The average molecular weight is 279 g/mol. The molecule has 0 radical (unpaired) electrons. The Bertz CT molecular complexity index is 362. The smallest absolute Gasteiger partial charge is 0.220 e. The van der Waals surface area contributed by atoms with Crippen molar-refractivity contribution in [1.82, 2.24) is 9.21 Å². The normalized spacial score (nSPS) is 19.7. The van der Waals surface area contributed by atoms with Crippen LogP contribution in [-0.2, 0) is 10.0 Å². The van der Waals surface area contributed by atoms with Crippen LogP contribution in [-0.4, -0.2) is 61.1 Å². The van der Waals surface area contributed by atoms with E-state index < -0.39 is 10.0 Å². The van der Waals surface area contributed by atoms with Crippen LogP contribution in [0, 0.1) is 0 Å². The summed E-state index contributed by atoms with van der Waals surface area (Å²) in [7, 11) is -1.71. The largest absolute Gasteiger partial charge is 0.392 e. The van der Waals surface area contributed by atoms with E-state index in [-0.39, 0.29) is 16.8 Å². The first-order chi connectivity index (χ1) is 7.86. The summed E-state index contributed by atoms with van der Waals surface area (Å²) in [6.45, 7) is 5.05. The van der Waals surface area contributed by atoms with Gasteiger partial charge in [0.05, 0.1) is 4.99 Å². The van der Waals surface area contributed by atoms with Gasteiger partial charge in [0.25, 0.3) is 0 Å². The molecule has 2 N–H and O–H groups in total. The summed E-state index contributed by atoms with van der Waals surface area (Å²) >= 11 is 4.67. The third kappa shape index (κ3) is 4.17. The number of hydrogen-bond donors (Lipinski definition) is 1. The quantitative estimate of drug-likeness (QED) is 0.719. The predicted octanol–water partition coefficient (Wildman–Crippen LogP) is 0.0184. The van der Waals surface area contributed by atoms with Crippen LogP contribution in [0.1, 0.15) is 19.8 Å². The minimum Gasteiger partial charge on any atom is -0.392 e. The maximum Gasteiger partial charge on any atom is 0.220 e. The molecule has 0 aromatic heterocycles. The number of thiocarbonyl (C=S) groups is 1. The van der Waals surface area contributed by atoms with Crippen molar-refractivity contribution in [3.63, 3.8) is 0 Å². The number of nitrogens with two attached hydrogens (primary N) is 1. The van der Waals surface area contributed by atoms with E-state index in [1.54, 1.807) is 7.05 Å². The van der Waals surface area contributed by atoms with Crippen molar-refractivity contribution < 1.29 is 8.42 Å². The highest BCUT2D eigenvalue weighted by atomic mass is 32.2. The summed E-state index contributed by atoms with van der Waals surface area (Å²) in [5.74, 6) is -0.229. The maximum atomic E-state index is 11.9. The van der Waals surface area contributed by atoms with Gasteiger partial charge in [0.15, 0.2) is 0 Å². The molecule has 0 bridgehead atoms. The number of likely N-dealkylation sites (tertiary alicyclic amines) is 1. The van der Waals surface area contributed by atoms with E-state index in [0.29, 0.717) is 0 Å². The number of nitrogens with zero attached hydrogens (tertiary/aromatic N) is 2. The molecule has 1 heterocycles. The highest BCUT2D eigenvalue weighted by Crippen LogP contribution is 2.17. The fourth-order valence-corrected chi connectivity index (χ4v) is 3.78. The van der Waals surface area contributed by atoms with Gasteiger partial charge in [-0.25, -0.2) is 12.7 Å². The van der Waals surface area contributed by atoms with Crippen LogP contribution in [0.15, 0.2) is 0 Å². The lowest BCUT2D eigenvalue weighted by molar-refractivity contribution is 0.176. The Morgan fingerprint density at radius 3 is 2.41 bits per heavy atom. The molecule has 0 aliphatic carbocycles. The van der Waals surface area contributed by atoms with Crippen molar-refractivity contribution in [1.29, 1.82) is 0 Å². The molecule has 0 atom stereocenters. The molecule has 0 aromatic carbocycles. The zero-order chi connectivity index (χ0) is 13.1. The fourth-order valence-electron chi connectivity index (χ4n) is 2.11. The van der Waals surface area contributed by atoms with E-state index in [0.717, 1.165) is 32.5 Å². The lowest BCUT2D eigenvalue weighted by atomic mass is 10.1. The summed E-state index contributed by atoms with van der Waals surface area (Å²) in [6, 6.07) is 0.0807. The van der Waals surface area contributed by atoms with Gasteiger partial charge in [-0.1, -0.05) is 19.1 Å². The SMILES string of the molecule is CCN1CCC(N(C)S(=O)(=O)CC(N)=S)CC1. The van der Waals surface area contributed by atoms with Gasteiger partial charge in [-0.3, -0.25) is 0 Å². The lowest BCUT2D eigenvalue weighted by Gasteiger charge is -2.35. The summed E-state index contributed by atoms with van der Waals surface area (Å²) in [6.07, 6.45) is 1.75. The molecule has 0 aromatic rings. The Morgan fingerprint density at radius 1 is 1.47 bits per heavy atom. The topological polar surface area (TPSA) is 66.6 Å². The van der Waals surface area contributed by atoms with Crippen molar-refractivity contribution in [2.24, 2.45) is 5.73 Å². The predicted molar refractivity (Wildman–Crippen MR) is 73.5 cm³/mol. The molecule has 17 heavy (non-hydrogen) atoms. The van der Waals surface area contributed by atoms with Crippen molar-refractivity contribution in [2.45, 2.75) is 25.8 Å². The van der Waals surface area contributed by atoms with Crippen LogP contribution in [0.3, 0.4) is 0 Å². The summed E-state index contributed by atoms with van der Waals surface area (Å²) in [5, 5.41) is 0. The van der Waals surface area contributed by atoms with Crippen LogP contribution in [0.5, 0.6) is 0 Å². The van der Waals surface area contributed by atoms with E-state index in [4.69, 9.17) is 5.73 Å². The monoisotopic (exact) mass is 279 g/mol. The van der Waals surface area contributed by atoms with Gasteiger partial charge in [0.2, 0.25) is 10.0 Å². The molecule has 100 valence electrons. The second kappa shape index (κ2) is 6.08. The van der Waals surface area contributed by atoms with Crippen LogP contribution in [0.4, 0.5) is 0 Å². The molecule has 1 aliphatic rings. The average Bonchev–Trinajstić information content (AvgIpc) is 2.26. The molecule has 0 saturated carbocycles. The zero-order valence-electron chi connectivity index (χ0n) is 10.4. The van der Waals surface area contributed by atoms with Crippen LogP contribution in [0.2, 0.25) is 0 Å². The van der Waals surface area contributed by atoms with Gasteiger partial charge in [-0.15, -0.1) is 0 Å². The first-order valence-electron chi connectivity index (χ1n) is 5.83.